The third-order valence-corrected chi connectivity index (χ3v) is 6.59. The number of hydrogen-bond donors (Lipinski definition) is 1. The molecule has 0 amide bonds. The average molecular weight is 384 g/mol. The monoisotopic (exact) mass is 382 g/mol. The summed E-state index contributed by atoms with van der Waals surface area (Å²) in [5.41, 5.74) is 7.37. The largest absolute Gasteiger partial charge is 0.329 e. The first-order chi connectivity index (χ1) is 8.87. The minimum Gasteiger partial charge on any atom is -0.329 e. The smallest absolute Gasteiger partial charge is 0.243 e. The van der Waals surface area contributed by atoms with E-state index in [9.17, 15) is 8.42 Å². The van der Waals surface area contributed by atoms with Crippen molar-refractivity contribution < 1.29 is 8.42 Å². The van der Waals surface area contributed by atoms with Crippen LogP contribution < -0.4 is 5.73 Å². The van der Waals surface area contributed by atoms with Crippen molar-refractivity contribution in [3.63, 3.8) is 0 Å². The van der Waals surface area contributed by atoms with Crippen molar-refractivity contribution in [2.45, 2.75) is 37.6 Å². The number of benzene rings is 1. The van der Waals surface area contributed by atoms with Gasteiger partial charge in [0.2, 0.25) is 10.0 Å². The zero-order valence-electron chi connectivity index (χ0n) is 11.6. The van der Waals surface area contributed by atoms with Crippen LogP contribution in [0, 0.1) is 13.8 Å². The molecule has 114 valence electrons. The molecule has 1 fully saturated rings. The Balaban J connectivity index is 0.00000200. The van der Waals surface area contributed by atoms with Crippen molar-refractivity contribution in [3.05, 3.63) is 27.7 Å². The molecule has 1 aromatic carbocycles. The Kier molecular flexibility index (Phi) is 6.04. The van der Waals surface area contributed by atoms with Gasteiger partial charge in [-0.2, -0.15) is 4.31 Å². The lowest BCUT2D eigenvalue weighted by molar-refractivity contribution is 0.393. The lowest BCUT2D eigenvalue weighted by Gasteiger charge is -2.24. The van der Waals surface area contributed by atoms with Gasteiger partial charge >= 0.3 is 0 Å². The van der Waals surface area contributed by atoms with E-state index in [-0.39, 0.29) is 18.4 Å². The van der Waals surface area contributed by atoms with Crippen LogP contribution in [0.15, 0.2) is 21.5 Å². The molecule has 0 spiro atoms. The van der Waals surface area contributed by atoms with Crippen LogP contribution in [0.1, 0.15) is 24.0 Å². The topological polar surface area (TPSA) is 63.4 Å². The quantitative estimate of drug-likeness (QED) is 0.872. The van der Waals surface area contributed by atoms with Gasteiger partial charge in [0.1, 0.15) is 0 Å². The molecule has 1 aliphatic rings. The second-order valence-electron chi connectivity index (χ2n) is 5.01. The minimum atomic E-state index is -3.44. The van der Waals surface area contributed by atoms with E-state index >= 15 is 0 Å². The van der Waals surface area contributed by atoms with E-state index in [0.717, 1.165) is 28.4 Å². The highest BCUT2D eigenvalue weighted by Gasteiger charge is 2.35. The van der Waals surface area contributed by atoms with E-state index in [1.165, 1.54) is 0 Å². The van der Waals surface area contributed by atoms with E-state index in [1.54, 1.807) is 10.4 Å². The van der Waals surface area contributed by atoms with E-state index in [1.807, 2.05) is 19.9 Å². The molecule has 1 aliphatic heterocycles. The lowest BCUT2D eigenvalue weighted by Crippen LogP contribution is -2.40. The zero-order chi connectivity index (χ0) is 14.2. The van der Waals surface area contributed by atoms with Crippen LogP contribution >= 0.6 is 28.3 Å². The first-order valence-corrected chi connectivity index (χ1v) is 8.60. The summed E-state index contributed by atoms with van der Waals surface area (Å²) >= 11 is 3.43. The van der Waals surface area contributed by atoms with Gasteiger partial charge in [-0.15, -0.1) is 12.4 Å². The number of nitrogens with zero attached hydrogens (tertiary/aromatic N) is 1. The molecule has 0 radical (unpaired) electrons. The summed E-state index contributed by atoms with van der Waals surface area (Å²) in [5.74, 6) is 0. The lowest BCUT2D eigenvalue weighted by atomic mass is 10.2. The van der Waals surface area contributed by atoms with Crippen LogP contribution in [0.25, 0.3) is 0 Å². The first-order valence-electron chi connectivity index (χ1n) is 6.36. The molecule has 0 bridgehead atoms. The van der Waals surface area contributed by atoms with Crippen molar-refractivity contribution in [1.82, 2.24) is 4.31 Å². The Morgan fingerprint density at radius 2 is 2.00 bits per heavy atom. The second kappa shape index (κ2) is 6.75. The number of halogens is 2. The highest BCUT2D eigenvalue weighted by Crippen LogP contribution is 2.30. The fraction of sp³-hybridized carbons (Fsp3) is 0.538. The summed E-state index contributed by atoms with van der Waals surface area (Å²) in [7, 11) is -3.44. The number of sulfonamides is 1. The Morgan fingerprint density at radius 3 is 2.60 bits per heavy atom. The molecule has 1 unspecified atom stereocenters. The predicted molar refractivity (Wildman–Crippen MR) is 86.8 cm³/mol. The number of aryl methyl sites for hydroxylation is 2. The summed E-state index contributed by atoms with van der Waals surface area (Å²) in [6.07, 6.45) is 1.74. The zero-order valence-corrected chi connectivity index (χ0v) is 14.8. The summed E-state index contributed by atoms with van der Waals surface area (Å²) in [6.45, 7) is 4.67. The second-order valence-corrected chi connectivity index (χ2v) is 7.73. The molecule has 2 rings (SSSR count). The van der Waals surface area contributed by atoms with Gasteiger partial charge in [0.15, 0.2) is 0 Å². The number of rotatable bonds is 3. The highest BCUT2D eigenvalue weighted by molar-refractivity contribution is 9.10. The van der Waals surface area contributed by atoms with Gasteiger partial charge in [0.25, 0.3) is 0 Å². The van der Waals surface area contributed by atoms with Crippen LogP contribution in [0.5, 0.6) is 0 Å². The Labute approximate surface area is 135 Å². The summed E-state index contributed by atoms with van der Waals surface area (Å²) < 4.78 is 28.0. The standard InChI is InChI=1S/C13H19BrN2O2S.ClH/c1-9-7-13(10(2)6-12(9)14)19(17,18)16-5-3-4-11(16)8-15;/h6-7,11H,3-5,8,15H2,1-2H3;1H. The van der Waals surface area contributed by atoms with Gasteiger partial charge in [0.05, 0.1) is 4.90 Å². The van der Waals surface area contributed by atoms with Crippen LogP contribution in [-0.2, 0) is 10.0 Å². The van der Waals surface area contributed by atoms with Crippen LogP contribution in [-0.4, -0.2) is 31.9 Å². The van der Waals surface area contributed by atoms with Crippen molar-refractivity contribution in [3.8, 4) is 0 Å². The summed E-state index contributed by atoms with van der Waals surface area (Å²) in [5, 5.41) is 0. The number of hydrogen-bond acceptors (Lipinski definition) is 3. The van der Waals surface area contributed by atoms with Gasteiger partial charge < -0.3 is 5.73 Å². The van der Waals surface area contributed by atoms with E-state index in [0.29, 0.717) is 18.0 Å². The Bertz CT molecular complexity index is 592. The molecule has 0 saturated carbocycles. The molecule has 1 saturated heterocycles. The maximum Gasteiger partial charge on any atom is 0.243 e. The van der Waals surface area contributed by atoms with E-state index < -0.39 is 10.0 Å². The normalized spacial score (nSPS) is 19.9. The van der Waals surface area contributed by atoms with Gasteiger partial charge in [-0.25, -0.2) is 8.42 Å². The Hall–Kier alpha value is -0.140. The van der Waals surface area contributed by atoms with E-state index in [4.69, 9.17) is 5.73 Å². The fourth-order valence-electron chi connectivity index (χ4n) is 2.52. The molecule has 0 aliphatic carbocycles. The third-order valence-electron chi connectivity index (χ3n) is 3.64. The molecule has 1 heterocycles. The average Bonchev–Trinajstić information content (AvgIpc) is 2.82. The molecule has 1 atom stereocenters. The maximum atomic E-state index is 12.7. The van der Waals surface area contributed by atoms with Crippen LogP contribution in [0.3, 0.4) is 0 Å². The van der Waals surface area contributed by atoms with Crippen LogP contribution in [0.4, 0.5) is 0 Å². The molecular weight excluding hydrogens is 364 g/mol. The molecule has 1 aromatic rings. The van der Waals surface area contributed by atoms with Gasteiger partial charge in [0, 0.05) is 23.6 Å². The SMILES string of the molecule is Cc1cc(S(=O)(=O)N2CCCC2CN)c(C)cc1Br.Cl. The molecule has 7 heteroatoms. The fourth-order valence-corrected chi connectivity index (χ4v) is 4.98. The van der Waals surface area contributed by atoms with Crippen LogP contribution in [0.2, 0.25) is 0 Å². The Morgan fingerprint density at radius 1 is 1.35 bits per heavy atom. The summed E-state index contributed by atoms with van der Waals surface area (Å²) in [4.78, 5) is 0.397. The molecule has 4 nitrogen and oxygen atoms in total. The van der Waals surface area contributed by atoms with Crippen molar-refractivity contribution in [1.29, 1.82) is 0 Å². The summed E-state index contributed by atoms with van der Waals surface area (Å²) in [6, 6.07) is 3.53. The molecule has 0 aromatic heterocycles. The molecule has 20 heavy (non-hydrogen) atoms. The minimum absolute atomic E-state index is 0. The van der Waals surface area contributed by atoms with Gasteiger partial charge in [-0.3, -0.25) is 0 Å². The molecular formula is C13H20BrClN2O2S. The highest BCUT2D eigenvalue weighted by atomic mass is 79.9. The van der Waals surface area contributed by atoms with Crippen molar-refractivity contribution in [2.24, 2.45) is 5.73 Å². The van der Waals surface area contributed by atoms with Gasteiger partial charge in [-0.1, -0.05) is 15.9 Å². The predicted octanol–water partition coefficient (Wildman–Crippen LogP) is 2.60. The third kappa shape index (κ3) is 3.20. The van der Waals surface area contributed by atoms with Gasteiger partial charge in [-0.05, 0) is 49.9 Å². The van der Waals surface area contributed by atoms with Crippen molar-refractivity contribution in [2.75, 3.05) is 13.1 Å². The number of nitrogens with two attached hydrogens (primary N) is 1. The maximum absolute atomic E-state index is 12.7. The van der Waals surface area contributed by atoms with E-state index in [2.05, 4.69) is 15.9 Å². The van der Waals surface area contributed by atoms with Crippen molar-refractivity contribution >= 4 is 38.4 Å². The molecule has 2 N–H and O–H groups in total. The first kappa shape index (κ1) is 17.9.